The van der Waals surface area contributed by atoms with E-state index in [-0.39, 0.29) is 11.6 Å². The van der Waals surface area contributed by atoms with Gasteiger partial charge in [-0.2, -0.15) is 23.4 Å². The van der Waals surface area contributed by atoms with Crippen molar-refractivity contribution >= 4 is 35.4 Å². The Labute approximate surface area is 261 Å². The number of aryl methyl sites for hydroxylation is 1. The van der Waals surface area contributed by atoms with E-state index in [0.29, 0.717) is 22.6 Å². The summed E-state index contributed by atoms with van der Waals surface area (Å²) in [4.78, 5) is 11.8. The standard InChI is InChI=1S/C21H20F3N3O2S2.C10H11N3/c1-20(2)10-15(13-8-12(11-28)4-5-16(13)29-20)26-31-19-7-6-17(30-19)14-9-18(21(22,23)24)27(3)25-14;1-11-10-7-9(12-13-10)8-5-3-2-4-6-8/h4-9,11,15,26H,10H2,1-3H3;2-7H,1H3,(H2,11,12,13). The highest BCUT2D eigenvalue weighted by Crippen LogP contribution is 2.42. The van der Waals surface area contributed by atoms with Crippen LogP contribution in [0.5, 0.6) is 5.75 Å². The van der Waals surface area contributed by atoms with Gasteiger partial charge in [0.2, 0.25) is 0 Å². The molecule has 2 aromatic carbocycles. The lowest BCUT2D eigenvalue weighted by Gasteiger charge is -2.37. The molecule has 3 N–H and O–H groups in total. The van der Waals surface area contributed by atoms with Crippen LogP contribution >= 0.6 is 23.3 Å². The topological polar surface area (TPSA) is 96.9 Å². The number of rotatable bonds is 7. The molecule has 3 aromatic heterocycles. The molecule has 1 aliphatic rings. The summed E-state index contributed by atoms with van der Waals surface area (Å²) in [5, 5.41) is 14.0. The lowest BCUT2D eigenvalue weighted by molar-refractivity contribution is -0.143. The van der Waals surface area contributed by atoms with Crippen molar-refractivity contribution in [3.8, 4) is 27.6 Å². The first-order valence-electron chi connectivity index (χ1n) is 13.7. The number of alkyl halides is 3. The molecule has 6 rings (SSSR count). The molecule has 1 atom stereocenters. The molecule has 1 unspecified atom stereocenters. The summed E-state index contributed by atoms with van der Waals surface area (Å²) in [6.45, 7) is 4.01. The molecule has 0 amide bonds. The van der Waals surface area contributed by atoms with E-state index in [1.807, 2.05) is 75.5 Å². The van der Waals surface area contributed by atoms with Crippen molar-refractivity contribution in [2.75, 3.05) is 12.4 Å². The first kappa shape index (κ1) is 31.4. The zero-order valence-electron chi connectivity index (χ0n) is 24.4. The second-order valence-corrected chi connectivity index (χ2v) is 12.9. The van der Waals surface area contributed by atoms with Crippen LogP contribution in [-0.4, -0.2) is 38.9 Å². The highest BCUT2D eigenvalue weighted by molar-refractivity contribution is 7.99. The van der Waals surface area contributed by atoms with Crippen LogP contribution < -0.4 is 14.8 Å². The minimum atomic E-state index is -4.44. The number of carbonyl (C=O) groups excluding carboxylic acids is 1. The second kappa shape index (κ2) is 12.9. The summed E-state index contributed by atoms with van der Waals surface area (Å²) < 4.78 is 50.4. The number of carbonyl (C=O) groups is 1. The third-order valence-electron chi connectivity index (χ3n) is 6.85. The third-order valence-corrected chi connectivity index (χ3v) is 8.99. The summed E-state index contributed by atoms with van der Waals surface area (Å²) in [6, 6.07) is 22.1. The fourth-order valence-electron chi connectivity index (χ4n) is 4.76. The van der Waals surface area contributed by atoms with Gasteiger partial charge in [0.15, 0.2) is 0 Å². The highest BCUT2D eigenvalue weighted by Gasteiger charge is 2.36. The molecule has 0 spiro atoms. The molecule has 4 heterocycles. The van der Waals surface area contributed by atoms with Crippen LogP contribution in [0.4, 0.5) is 19.0 Å². The van der Waals surface area contributed by atoms with E-state index in [1.54, 1.807) is 12.1 Å². The molecule has 0 aliphatic carbocycles. The number of hydrogen-bond acceptors (Lipinski definition) is 8. The Hall–Kier alpha value is -4.07. The number of nitrogens with zero attached hydrogens (tertiary/aromatic N) is 3. The molecule has 44 heavy (non-hydrogen) atoms. The summed E-state index contributed by atoms with van der Waals surface area (Å²) in [5.74, 6) is 1.60. The molecule has 5 aromatic rings. The van der Waals surface area contributed by atoms with Crippen LogP contribution in [0, 0.1) is 0 Å². The molecule has 8 nitrogen and oxygen atoms in total. The lowest BCUT2D eigenvalue weighted by Crippen LogP contribution is -2.38. The van der Waals surface area contributed by atoms with Crippen molar-refractivity contribution < 1.29 is 22.7 Å². The van der Waals surface area contributed by atoms with E-state index >= 15 is 0 Å². The molecule has 0 radical (unpaired) electrons. The van der Waals surface area contributed by atoms with E-state index in [4.69, 9.17) is 4.74 Å². The number of nitrogens with one attached hydrogen (secondary N) is 3. The maximum atomic E-state index is 13.0. The largest absolute Gasteiger partial charge is 0.487 e. The van der Waals surface area contributed by atoms with Crippen molar-refractivity contribution in [1.29, 1.82) is 0 Å². The number of H-pyrrole nitrogens is 1. The SMILES string of the molecule is CNc1cc(-c2ccccc2)[nH]n1.Cn1nc(-c2ccc(SNC3CC(C)(C)Oc4ccc(C=O)cc43)s2)cc1C(F)(F)F. The molecular weight excluding hydrogens is 610 g/mol. The maximum absolute atomic E-state index is 13.0. The Morgan fingerprint density at radius 2 is 1.89 bits per heavy atom. The maximum Gasteiger partial charge on any atom is 0.433 e. The van der Waals surface area contributed by atoms with Gasteiger partial charge >= 0.3 is 6.18 Å². The van der Waals surface area contributed by atoms with Crippen molar-refractivity contribution in [2.24, 2.45) is 7.05 Å². The van der Waals surface area contributed by atoms with Crippen LogP contribution in [0.25, 0.3) is 21.8 Å². The van der Waals surface area contributed by atoms with Crippen molar-refractivity contribution in [1.82, 2.24) is 24.7 Å². The number of fused-ring (bicyclic) bond motifs is 1. The molecule has 0 saturated carbocycles. The first-order valence-corrected chi connectivity index (χ1v) is 15.3. The predicted octanol–water partition coefficient (Wildman–Crippen LogP) is 8.00. The third kappa shape index (κ3) is 7.34. The number of aromatic amines is 1. The summed E-state index contributed by atoms with van der Waals surface area (Å²) in [5.41, 5.74) is 2.80. The van der Waals surface area contributed by atoms with Gasteiger partial charge in [0.25, 0.3) is 0 Å². The number of halogens is 3. The number of aromatic nitrogens is 4. The van der Waals surface area contributed by atoms with Gasteiger partial charge in [0.05, 0.1) is 14.8 Å². The van der Waals surface area contributed by atoms with Crippen LogP contribution in [-0.2, 0) is 13.2 Å². The normalized spacial score (nSPS) is 15.5. The van der Waals surface area contributed by atoms with Gasteiger partial charge < -0.3 is 10.1 Å². The van der Waals surface area contributed by atoms with Crippen LogP contribution in [0.2, 0.25) is 0 Å². The molecule has 0 fully saturated rings. The number of ether oxygens (including phenoxy) is 1. The van der Waals surface area contributed by atoms with Crippen LogP contribution in [0.15, 0.2) is 77.0 Å². The summed E-state index contributed by atoms with van der Waals surface area (Å²) >= 11 is 2.77. The molecule has 13 heteroatoms. The average molecular weight is 641 g/mol. The zero-order valence-corrected chi connectivity index (χ0v) is 26.0. The number of hydrogen-bond donors (Lipinski definition) is 3. The van der Waals surface area contributed by atoms with E-state index < -0.39 is 11.9 Å². The number of anilines is 1. The van der Waals surface area contributed by atoms with Gasteiger partial charge in [-0.25, -0.2) is 0 Å². The quantitative estimate of drug-likeness (QED) is 0.123. The summed E-state index contributed by atoms with van der Waals surface area (Å²) in [7, 11) is 3.14. The molecule has 0 saturated heterocycles. The Morgan fingerprint density at radius 3 is 2.55 bits per heavy atom. The van der Waals surface area contributed by atoms with Crippen molar-refractivity contribution in [2.45, 2.75) is 42.3 Å². The minimum absolute atomic E-state index is 0.0547. The lowest BCUT2D eigenvalue weighted by atomic mass is 9.89. The highest BCUT2D eigenvalue weighted by atomic mass is 32.2. The van der Waals surface area contributed by atoms with E-state index in [0.717, 1.165) is 49.6 Å². The molecular formula is C31H31F3N6O2S2. The van der Waals surface area contributed by atoms with Gasteiger partial charge in [-0.15, -0.1) is 11.3 Å². The Bertz CT molecular complexity index is 1730. The first-order chi connectivity index (χ1) is 21.0. The fourth-order valence-corrected chi connectivity index (χ4v) is 6.64. The van der Waals surface area contributed by atoms with E-state index in [2.05, 4.69) is 25.3 Å². The van der Waals surface area contributed by atoms with Crippen molar-refractivity contribution in [3.05, 3.63) is 89.6 Å². The van der Waals surface area contributed by atoms with Gasteiger partial charge in [-0.3, -0.25) is 19.3 Å². The molecule has 1 aliphatic heterocycles. The molecule has 230 valence electrons. The molecule has 0 bridgehead atoms. The van der Waals surface area contributed by atoms with Gasteiger partial charge in [0.1, 0.15) is 34.8 Å². The number of aldehydes is 1. The van der Waals surface area contributed by atoms with Gasteiger partial charge in [0, 0.05) is 43.8 Å². The van der Waals surface area contributed by atoms with E-state index in [1.165, 1.54) is 30.3 Å². The minimum Gasteiger partial charge on any atom is -0.487 e. The predicted molar refractivity (Wildman–Crippen MR) is 168 cm³/mol. The monoisotopic (exact) mass is 640 g/mol. The van der Waals surface area contributed by atoms with Crippen LogP contribution in [0.3, 0.4) is 0 Å². The van der Waals surface area contributed by atoms with E-state index in [9.17, 15) is 18.0 Å². The number of thiophene rings is 1. The fraction of sp³-hybridized carbons (Fsp3) is 0.258. The Kier molecular flexibility index (Phi) is 9.18. The second-order valence-electron chi connectivity index (χ2n) is 10.7. The van der Waals surface area contributed by atoms with Crippen LogP contribution in [0.1, 0.15) is 47.9 Å². The number of benzene rings is 2. The van der Waals surface area contributed by atoms with Gasteiger partial charge in [-0.1, -0.05) is 30.3 Å². The average Bonchev–Trinajstić information content (AvgIpc) is 3.75. The Balaban J connectivity index is 0.000000245. The Morgan fingerprint density at radius 1 is 1.11 bits per heavy atom. The van der Waals surface area contributed by atoms with Gasteiger partial charge in [-0.05, 0) is 67.8 Å². The summed E-state index contributed by atoms with van der Waals surface area (Å²) in [6.07, 6.45) is -2.94. The zero-order chi connectivity index (χ0) is 31.5. The van der Waals surface area contributed by atoms with Crippen molar-refractivity contribution in [3.63, 3.8) is 0 Å². The smallest absolute Gasteiger partial charge is 0.433 e.